The number of nitrogens with one attached hydrogen (secondary N) is 1. The lowest BCUT2D eigenvalue weighted by atomic mass is 9.89. The number of benzene rings is 2. The van der Waals surface area contributed by atoms with Crippen LogP contribution in [0.2, 0.25) is 0 Å². The third-order valence-corrected chi connectivity index (χ3v) is 3.93. The van der Waals surface area contributed by atoms with Gasteiger partial charge in [-0.1, -0.05) is 30.3 Å². The van der Waals surface area contributed by atoms with E-state index in [1.807, 2.05) is 12.1 Å². The molecule has 1 aliphatic rings. The topological polar surface area (TPSA) is 55.4 Å². The van der Waals surface area contributed by atoms with Crippen molar-refractivity contribution in [1.29, 1.82) is 0 Å². The number of rotatable bonds is 3. The molecule has 5 heteroatoms. The first-order valence-corrected chi connectivity index (χ1v) is 7.32. The summed E-state index contributed by atoms with van der Waals surface area (Å²) in [5, 5.41) is 2.74. The lowest BCUT2D eigenvalue weighted by Crippen LogP contribution is -2.51. The number of esters is 1. The van der Waals surface area contributed by atoms with Crippen molar-refractivity contribution in [3.63, 3.8) is 0 Å². The number of hydrogen-bond donors (Lipinski definition) is 1. The smallest absolute Gasteiger partial charge is 0.339 e. The fraction of sp³-hybridized carbons (Fsp3) is 0.222. The molecule has 0 bridgehead atoms. The molecule has 0 saturated heterocycles. The van der Waals surface area contributed by atoms with E-state index in [4.69, 9.17) is 4.74 Å². The third kappa shape index (κ3) is 3.08. The molecule has 1 unspecified atom stereocenters. The Hall–Kier alpha value is -2.69. The monoisotopic (exact) mass is 313 g/mol. The molecule has 4 nitrogen and oxygen atoms in total. The van der Waals surface area contributed by atoms with Crippen molar-refractivity contribution in [2.45, 2.75) is 25.5 Å². The van der Waals surface area contributed by atoms with Crippen molar-refractivity contribution in [3.05, 3.63) is 71.0 Å². The number of ether oxygens (including phenoxy) is 1. The lowest BCUT2D eigenvalue weighted by Gasteiger charge is -2.33. The largest absolute Gasteiger partial charge is 0.445 e. The number of hydrogen-bond acceptors (Lipinski definition) is 3. The lowest BCUT2D eigenvalue weighted by molar-refractivity contribution is -0.139. The van der Waals surface area contributed by atoms with Gasteiger partial charge in [0.25, 0.3) is 5.91 Å². The van der Waals surface area contributed by atoms with Crippen LogP contribution in [-0.2, 0) is 22.5 Å². The van der Waals surface area contributed by atoms with E-state index in [1.54, 1.807) is 31.2 Å². The summed E-state index contributed by atoms with van der Waals surface area (Å²) in [6.07, 6.45) is 0.324. The number of carbonyl (C=O) groups excluding carboxylic acids is 2. The first kappa shape index (κ1) is 15.2. The van der Waals surface area contributed by atoms with Crippen LogP contribution in [0, 0.1) is 5.82 Å². The van der Waals surface area contributed by atoms with Gasteiger partial charge in [-0.05, 0) is 36.2 Å². The molecule has 3 rings (SSSR count). The highest BCUT2D eigenvalue weighted by Gasteiger charge is 2.42. The summed E-state index contributed by atoms with van der Waals surface area (Å²) < 4.78 is 18.2. The van der Waals surface area contributed by atoms with Gasteiger partial charge in [-0.2, -0.15) is 0 Å². The van der Waals surface area contributed by atoms with E-state index in [1.165, 1.54) is 12.1 Å². The Bertz CT molecular complexity index is 757. The minimum Gasteiger partial charge on any atom is -0.445 e. The van der Waals surface area contributed by atoms with Crippen molar-refractivity contribution >= 4 is 11.9 Å². The number of halogens is 1. The van der Waals surface area contributed by atoms with Gasteiger partial charge < -0.3 is 10.1 Å². The average molecular weight is 313 g/mol. The van der Waals surface area contributed by atoms with Gasteiger partial charge in [-0.15, -0.1) is 0 Å². The Morgan fingerprint density at radius 2 is 1.91 bits per heavy atom. The highest BCUT2D eigenvalue weighted by molar-refractivity contribution is 5.97. The maximum atomic E-state index is 12.9. The van der Waals surface area contributed by atoms with Crippen molar-refractivity contribution < 1.29 is 18.7 Å². The molecule has 0 aromatic heterocycles. The summed E-state index contributed by atoms with van der Waals surface area (Å²) in [7, 11) is 0. The van der Waals surface area contributed by atoms with Crippen LogP contribution >= 0.6 is 0 Å². The summed E-state index contributed by atoms with van der Waals surface area (Å²) in [4.78, 5) is 24.5. The minimum absolute atomic E-state index is 0.244. The minimum atomic E-state index is -1.24. The molecule has 1 N–H and O–H groups in total. The van der Waals surface area contributed by atoms with Crippen LogP contribution in [0.5, 0.6) is 0 Å². The molecule has 23 heavy (non-hydrogen) atoms. The van der Waals surface area contributed by atoms with Gasteiger partial charge in [0.15, 0.2) is 5.60 Å². The van der Waals surface area contributed by atoms with E-state index in [0.29, 0.717) is 12.0 Å². The molecule has 1 heterocycles. The second-order valence-electron chi connectivity index (χ2n) is 5.76. The predicted molar refractivity (Wildman–Crippen MR) is 82.2 cm³/mol. The summed E-state index contributed by atoms with van der Waals surface area (Å²) >= 11 is 0. The summed E-state index contributed by atoms with van der Waals surface area (Å²) in [6.45, 7) is 1.84. The Morgan fingerprint density at radius 3 is 2.65 bits per heavy atom. The van der Waals surface area contributed by atoms with Crippen LogP contribution < -0.4 is 5.32 Å². The van der Waals surface area contributed by atoms with Gasteiger partial charge in [0.2, 0.25) is 0 Å². The quantitative estimate of drug-likeness (QED) is 0.886. The van der Waals surface area contributed by atoms with Crippen LogP contribution in [0.4, 0.5) is 4.39 Å². The Labute approximate surface area is 133 Å². The number of fused-ring (bicyclic) bond motifs is 1. The van der Waals surface area contributed by atoms with Crippen molar-refractivity contribution in [2.75, 3.05) is 0 Å². The fourth-order valence-corrected chi connectivity index (χ4v) is 2.63. The zero-order chi connectivity index (χ0) is 16.4. The van der Waals surface area contributed by atoms with E-state index in [0.717, 1.165) is 11.1 Å². The molecular formula is C18H16FNO3. The van der Waals surface area contributed by atoms with Crippen LogP contribution in [0.3, 0.4) is 0 Å². The first-order chi connectivity index (χ1) is 11.0. The van der Waals surface area contributed by atoms with Crippen molar-refractivity contribution in [3.8, 4) is 0 Å². The van der Waals surface area contributed by atoms with E-state index in [2.05, 4.69) is 5.32 Å². The molecular weight excluding hydrogens is 297 g/mol. The third-order valence-electron chi connectivity index (χ3n) is 3.93. The van der Waals surface area contributed by atoms with Gasteiger partial charge >= 0.3 is 5.97 Å². The first-order valence-electron chi connectivity index (χ1n) is 7.32. The Morgan fingerprint density at radius 1 is 1.22 bits per heavy atom. The zero-order valence-electron chi connectivity index (χ0n) is 12.6. The molecule has 0 aliphatic carbocycles. The van der Waals surface area contributed by atoms with Crippen molar-refractivity contribution in [1.82, 2.24) is 5.32 Å². The Kier molecular flexibility index (Phi) is 3.86. The molecule has 1 amide bonds. The van der Waals surface area contributed by atoms with Gasteiger partial charge in [-0.25, -0.2) is 9.18 Å². The zero-order valence-corrected chi connectivity index (χ0v) is 12.6. The van der Waals surface area contributed by atoms with Crippen LogP contribution in [0.1, 0.15) is 28.4 Å². The molecule has 118 valence electrons. The second-order valence-corrected chi connectivity index (χ2v) is 5.76. The van der Waals surface area contributed by atoms with Gasteiger partial charge in [0.05, 0.1) is 5.56 Å². The molecule has 2 aromatic rings. The fourth-order valence-electron chi connectivity index (χ4n) is 2.63. The normalized spacial score (nSPS) is 19.7. The summed E-state index contributed by atoms with van der Waals surface area (Å²) in [5.74, 6) is -1.19. The van der Waals surface area contributed by atoms with E-state index in [9.17, 15) is 14.0 Å². The maximum Gasteiger partial charge on any atom is 0.339 e. The Balaban J connectivity index is 1.72. The van der Waals surface area contributed by atoms with Crippen LogP contribution in [0.15, 0.2) is 48.5 Å². The molecule has 1 atom stereocenters. The number of amides is 1. The van der Waals surface area contributed by atoms with Crippen LogP contribution in [-0.4, -0.2) is 17.5 Å². The predicted octanol–water partition coefficient (Wildman–Crippen LogP) is 2.61. The van der Waals surface area contributed by atoms with Gasteiger partial charge in [-0.3, -0.25) is 4.79 Å². The standard InChI is InChI=1S/C18H16FNO3/c1-18(10-13-4-2-3-5-15(13)16(21)23-18)17(22)20-11-12-6-8-14(19)9-7-12/h2-9H,10-11H2,1H3,(H,20,22). The number of cyclic esters (lactones) is 1. The van der Waals surface area contributed by atoms with E-state index < -0.39 is 11.6 Å². The number of carbonyl (C=O) groups is 2. The highest BCUT2D eigenvalue weighted by Crippen LogP contribution is 2.28. The maximum absolute atomic E-state index is 12.9. The van der Waals surface area contributed by atoms with Gasteiger partial charge in [0.1, 0.15) is 5.82 Å². The van der Waals surface area contributed by atoms with E-state index >= 15 is 0 Å². The molecule has 1 aliphatic heterocycles. The van der Waals surface area contributed by atoms with E-state index in [-0.39, 0.29) is 18.3 Å². The molecule has 0 fully saturated rings. The van der Waals surface area contributed by atoms with Crippen LogP contribution in [0.25, 0.3) is 0 Å². The molecule has 0 radical (unpaired) electrons. The highest BCUT2D eigenvalue weighted by atomic mass is 19.1. The summed E-state index contributed by atoms with van der Waals surface area (Å²) in [5.41, 5.74) is 0.816. The molecule has 0 saturated carbocycles. The second kappa shape index (κ2) is 5.83. The van der Waals surface area contributed by atoms with Crippen molar-refractivity contribution in [2.24, 2.45) is 0 Å². The molecule has 0 spiro atoms. The summed E-state index contributed by atoms with van der Waals surface area (Å²) in [6, 6.07) is 13.0. The average Bonchev–Trinajstić information content (AvgIpc) is 2.54. The SMILES string of the molecule is CC1(C(=O)NCc2ccc(F)cc2)Cc2ccccc2C(=O)O1. The van der Waals surface area contributed by atoms with Gasteiger partial charge in [0, 0.05) is 13.0 Å². The molecule has 2 aromatic carbocycles.